The molecule has 0 unspecified atom stereocenters. The molecule has 2 aromatic heterocycles. The van der Waals surface area contributed by atoms with Crippen molar-refractivity contribution < 1.29 is 27.1 Å². The van der Waals surface area contributed by atoms with Crippen molar-refractivity contribution in [1.29, 1.82) is 0 Å². The summed E-state index contributed by atoms with van der Waals surface area (Å²) in [6.07, 6.45) is -4.41. The minimum Gasteiger partial charge on any atom is -0.456 e. The SMILES string of the molecule is C.COCCOCCn1c(=O)c2ccc3oc4ccc(-c5ccc(C(F)(F)F)cc5)cc4c4ccc(c1=O)c2c34. The van der Waals surface area contributed by atoms with Gasteiger partial charge in [0.05, 0.1) is 31.9 Å². The van der Waals surface area contributed by atoms with Crippen LogP contribution in [0, 0.1) is 0 Å². The Morgan fingerprint density at radius 1 is 0.725 bits per heavy atom. The fraction of sp³-hybridized carbons (Fsp3) is 0.226. The third-order valence-corrected chi connectivity index (χ3v) is 7.00. The predicted molar refractivity (Wildman–Crippen MR) is 150 cm³/mol. The Kier molecular flexibility index (Phi) is 7.12. The number of halogens is 3. The highest BCUT2D eigenvalue weighted by Gasteiger charge is 2.30. The molecule has 0 aliphatic heterocycles. The third kappa shape index (κ3) is 4.51. The molecule has 0 amide bonds. The van der Waals surface area contributed by atoms with Gasteiger partial charge < -0.3 is 13.9 Å². The van der Waals surface area contributed by atoms with Gasteiger partial charge in [-0.05, 0) is 59.0 Å². The highest BCUT2D eigenvalue weighted by atomic mass is 19.4. The monoisotopic (exact) mass is 549 g/mol. The van der Waals surface area contributed by atoms with Gasteiger partial charge in [0, 0.05) is 34.0 Å². The first-order valence-corrected chi connectivity index (χ1v) is 12.3. The number of hydrogen-bond acceptors (Lipinski definition) is 5. The van der Waals surface area contributed by atoms with Crippen LogP contribution in [0.5, 0.6) is 0 Å². The van der Waals surface area contributed by atoms with Gasteiger partial charge in [-0.25, -0.2) is 0 Å². The number of methoxy groups -OCH3 is 1. The lowest BCUT2D eigenvalue weighted by atomic mass is 9.95. The minimum atomic E-state index is -4.41. The molecular formula is C31H26F3NO5. The first-order chi connectivity index (χ1) is 18.8. The molecule has 0 aliphatic rings. The van der Waals surface area contributed by atoms with Gasteiger partial charge in [-0.3, -0.25) is 14.2 Å². The summed E-state index contributed by atoms with van der Waals surface area (Å²) in [6, 6.07) is 17.3. The number of aromatic nitrogens is 1. The van der Waals surface area contributed by atoms with E-state index < -0.39 is 22.9 Å². The van der Waals surface area contributed by atoms with Crippen molar-refractivity contribution in [3.8, 4) is 11.1 Å². The lowest BCUT2D eigenvalue weighted by molar-refractivity contribution is -0.137. The highest BCUT2D eigenvalue weighted by molar-refractivity contribution is 6.26. The van der Waals surface area contributed by atoms with E-state index in [9.17, 15) is 22.8 Å². The predicted octanol–water partition coefficient (Wildman–Crippen LogP) is 6.84. The summed E-state index contributed by atoms with van der Waals surface area (Å²) in [5, 5.41) is 3.47. The van der Waals surface area contributed by atoms with Crippen molar-refractivity contribution in [2.75, 3.05) is 26.9 Å². The van der Waals surface area contributed by atoms with Crippen LogP contribution in [0.15, 0.2) is 80.7 Å². The van der Waals surface area contributed by atoms with Gasteiger partial charge in [-0.1, -0.05) is 31.7 Å². The second-order valence-corrected chi connectivity index (χ2v) is 9.28. The number of nitrogens with zero attached hydrogens (tertiary/aromatic N) is 1. The van der Waals surface area contributed by atoms with E-state index >= 15 is 0 Å². The van der Waals surface area contributed by atoms with Crippen LogP contribution in [-0.4, -0.2) is 31.5 Å². The number of hydrogen-bond donors (Lipinski definition) is 0. The Bertz CT molecular complexity index is 1920. The smallest absolute Gasteiger partial charge is 0.416 e. The first kappa shape index (κ1) is 27.4. The Morgan fingerprint density at radius 3 is 2.02 bits per heavy atom. The molecule has 0 fully saturated rings. The number of alkyl halides is 3. The van der Waals surface area contributed by atoms with Crippen LogP contribution < -0.4 is 11.1 Å². The van der Waals surface area contributed by atoms with Crippen LogP contribution in [0.25, 0.3) is 54.6 Å². The van der Waals surface area contributed by atoms with Crippen LogP contribution in [0.3, 0.4) is 0 Å². The van der Waals surface area contributed by atoms with E-state index in [1.807, 2.05) is 12.1 Å². The summed E-state index contributed by atoms with van der Waals surface area (Å²) >= 11 is 0. The maximum Gasteiger partial charge on any atom is 0.416 e. The quantitative estimate of drug-likeness (QED) is 0.124. The molecule has 0 saturated heterocycles. The summed E-state index contributed by atoms with van der Waals surface area (Å²) in [5.74, 6) is 0. The van der Waals surface area contributed by atoms with E-state index in [0.717, 1.165) is 22.9 Å². The van der Waals surface area contributed by atoms with Gasteiger partial charge >= 0.3 is 6.18 Å². The van der Waals surface area contributed by atoms with Crippen molar-refractivity contribution >= 4 is 43.5 Å². The molecule has 6 aromatic rings. The lowest BCUT2D eigenvalue weighted by Gasteiger charge is -2.14. The maximum absolute atomic E-state index is 13.3. The lowest BCUT2D eigenvalue weighted by Crippen LogP contribution is -2.34. The second kappa shape index (κ2) is 10.4. The molecule has 2 heterocycles. The zero-order valence-electron chi connectivity index (χ0n) is 20.8. The molecule has 0 bridgehead atoms. The van der Waals surface area contributed by atoms with Gasteiger partial charge in [0.2, 0.25) is 0 Å². The molecule has 0 radical (unpaired) electrons. The number of pyridine rings is 1. The van der Waals surface area contributed by atoms with Crippen LogP contribution in [0.1, 0.15) is 13.0 Å². The van der Waals surface area contributed by atoms with E-state index in [2.05, 4.69) is 0 Å². The van der Waals surface area contributed by atoms with Crippen molar-refractivity contribution in [2.24, 2.45) is 0 Å². The molecule has 4 aromatic carbocycles. The van der Waals surface area contributed by atoms with Crippen LogP contribution in [0.2, 0.25) is 0 Å². The van der Waals surface area contributed by atoms with Crippen LogP contribution in [-0.2, 0) is 22.2 Å². The summed E-state index contributed by atoms with van der Waals surface area (Å²) in [7, 11) is 1.56. The number of rotatable bonds is 7. The first-order valence-electron chi connectivity index (χ1n) is 12.3. The summed E-state index contributed by atoms with van der Waals surface area (Å²) < 4.78 is 56.8. The molecule has 0 aliphatic carbocycles. The average molecular weight is 550 g/mol. The van der Waals surface area contributed by atoms with Crippen molar-refractivity contribution in [3.63, 3.8) is 0 Å². The van der Waals surface area contributed by atoms with E-state index in [-0.39, 0.29) is 20.6 Å². The van der Waals surface area contributed by atoms with E-state index in [4.69, 9.17) is 13.9 Å². The Balaban J connectivity index is 0.00000323. The molecule has 6 nitrogen and oxygen atoms in total. The molecule has 6 rings (SSSR count). The topological polar surface area (TPSA) is 70.7 Å². The van der Waals surface area contributed by atoms with E-state index in [0.29, 0.717) is 57.1 Å². The van der Waals surface area contributed by atoms with Gasteiger partial charge in [0.25, 0.3) is 11.1 Å². The number of benzene rings is 4. The molecule has 0 atom stereocenters. The maximum atomic E-state index is 13.3. The minimum absolute atomic E-state index is 0. The van der Waals surface area contributed by atoms with Gasteiger partial charge in [-0.15, -0.1) is 0 Å². The average Bonchev–Trinajstić information content (AvgIpc) is 2.93. The van der Waals surface area contributed by atoms with E-state index in [1.165, 1.54) is 16.7 Å². The summed E-state index contributed by atoms with van der Waals surface area (Å²) in [6.45, 7) is 1.08. The van der Waals surface area contributed by atoms with Crippen molar-refractivity contribution in [3.05, 3.63) is 93.0 Å². The van der Waals surface area contributed by atoms with Crippen molar-refractivity contribution in [1.82, 2.24) is 4.57 Å². The molecule has 0 N–H and O–H groups in total. The fourth-order valence-corrected chi connectivity index (χ4v) is 5.10. The number of fused-ring (bicyclic) bond motifs is 2. The zero-order chi connectivity index (χ0) is 27.3. The zero-order valence-corrected chi connectivity index (χ0v) is 20.8. The summed E-state index contributed by atoms with van der Waals surface area (Å²) in [5.41, 5.74) is 0.897. The Morgan fingerprint density at radius 2 is 1.35 bits per heavy atom. The number of ether oxygens (including phenoxy) is 2. The normalized spacial score (nSPS) is 12.1. The molecular weight excluding hydrogens is 523 g/mol. The van der Waals surface area contributed by atoms with Gasteiger partial charge in [0.15, 0.2) is 0 Å². The Labute approximate surface area is 226 Å². The van der Waals surface area contributed by atoms with Crippen LogP contribution >= 0.6 is 0 Å². The molecule has 0 spiro atoms. The Hall–Kier alpha value is -4.21. The van der Waals surface area contributed by atoms with Gasteiger partial charge in [0.1, 0.15) is 11.2 Å². The van der Waals surface area contributed by atoms with E-state index in [1.54, 1.807) is 37.4 Å². The third-order valence-electron chi connectivity index (χ3n) is 7.00. The molecule has 0 saturated carbocycles. The van der Waals surface area contributed by atoms with Crippen molar-refractivity contribution in [2.45, 2.75) is 20.1 Å². The second-order valence-electron chi connectivity index (χ2n) is 9.28. The molecule has 9 heteroatoms. The largest absolute Gasteiger partial charge is 0.456 e. The highest BCUT2D eigenvalue weighted by Crippen LogP contribution is 2.38. The molecule has 40 heavy (non-hydrogen) atoms. The van der Waals surface area contributed by atoms with Crippen LogP contribution in [0.4, 0.5) is 13.2 Å². The standard InChI is InChI=1S/C30H22F3NO5.CH4/c1-37-14-15-38-13-12-34-28(35)21-8-7-20-23-16-18(17-2-5-19(6-3-17)30(31,32)33)4-10-24(23)39-25-11-9-22(29(34)36)26(21)27(20)25;/h2-11,16H,12-15H2,1H3;1H4. The fourth-order valence-electron chi connectivity index (χ4n) is 5.10. The molecule has 206 valence electrons. The van der Waals surface area contributed by atoms with Gasteiger partial charge in [-0.2, -0.15) is 13.2 Å². The summed E-state index contributed by atoms with van der Waals surface area (Å²) in [4.78, 5) is 26.7.